The van der Waals surface area contributed by atoms with E-state index in [1.165, 1.54) is 6.42 Å². The molecule has 5 nitrogen and oxygen atoms in total. The van der Waals surface area contributed by atoms with Crippen LogP contribution in [0.5, 0.6) is 0 Å². The van der Waals surface area contributed by atoms with Gasteiger partial charge in [-0.25, -0.2) is 4.98 Å². The Morgan fingerprint density at radius 1 is 1.38 bits per heavy atom. The molecule has 0 spiro atoms. The van der Waals surface area contributed by atoms with Crippen molar-refractivity contribution in [3.05, 3.63) is 42.4 Å². The van der Waals surface area contributed by atoms with Crippen LogP contribution < -0.4 is 5.32 Å². The van der Waals surface area contributed by atoms with Crippen LogP contribution in [0.15, 0.2) is 35.2 Å². The first-order valence-electron chi connectivity index (χ1n) is 7.64. The molecule has 0 amide bonds. The van der Waals surface area contributed by atoms with E-state index < -0.39 is 0 Å². The van der Waals surface area contributed by atoms with Crippen molar-refractivity contribution in [2.45, 2.75) is 32.2 Å². The van der Waals surface area contributed by atoms with Crippen molar-refractivity contribution in [2.24, 2.45) is 7.05 Å². The van der Waals surface area contributed by atoms with Crippen LogP contribution in [0.25, 0.3) is 0 Å². The minimum atomic E-state index is -0.0179. The molecular weight excluding hydrogens is 266 g/mol. The van der Waals surface area contributed by atoms with Crippen LogP contribution in [0.4, 0.5) is 0 Å². The maximum atomic E-state index is 5.58. The predicted octanol–water partition coefficient (Wildman–Crippen LogP) is 2.90. The second kappa shape index (κ2) is 8.64. The zero-order valence-electron chi connectivity index (χ0n) is 12.9. The zero-order chi connectivity index (χ0) is 14.9. The van der Waals surface area contributed by atoms with Gasteiger partial charge in [-0.15, -0.1) is 0 Å². The van der Waals surface area contributed by atoms with E-state index in [0.717, 1.165) is 44.2 Å². The first-order valence-corrected chi connectivity index (χ1v) is 7.64. The predicted molar refractivity (Wildman–Crippen MR) is 82.1 cm³/mol. The molecule has 0 fully saturated rings. The molecule has 1 atom stereocenters. The lowest BCUT2D eigenvalue weighted by molar-refractivity contribution is 0.128. The second-order valence-corrected chi connectivity index (χ2v) is 5.12. The fourth-order valence-electron chi connectivity index (χ4n) is 2.20. The Morgan fingerprint density at radius 2 is 2.24 bits per heavy atom. The van der Waals surface area contributed by atoms with Gasteiger partial charge in [-0.2, -0.15) is 0 Å². The Morgan fingerprint density at radius 3 is 2.90 bits per heavy atom. The third kappa shape index (κ3) is 4.72. The van der Waals surface area contributed by atoms with E-state index in [9.17, 15) is 0 Å². The molecule has 0 saturated heterocycles. The highest BCUT2D eigenvalue weighted by Crippen LogP contribution is 2.20. The van der Waals surface area contributed by atoms with Crippen molar-refractivity contribution in [1.82, 2.24) is 14.9 Å². The van der Waals surface area contributed by atoms with Gasteiger partial charge >= 0.3 is 0 Å². The monoisotopic (exact) mass is 291 g/mol. The first kappa shape index (κ1) is 15.8. The standard InChI is InChI=1S/C16H25N3O2/c1-3-4-11-20-12-6-8-17-15(14-7-5-13-21-14)16-18-9-10-19(16)2/h5,7,9-10,13,15,17H,3-4,6,8,11-12H2,1-2H3. The summed E-state index contributed by atoms with van der Waals surface area (Å²) in [5, 5.41) is 3.50. The molecule has 1 N–H and O–H groups in total. The number of rotatable bonds is 10. The fraction of sp³-hybridized carbons (Fsp3) is 0.562. The highest BCUT2D eigenvalue weighted by Gasteiger charge is 2.19. The van der Waals surface area contributed by atoms with Crippen molar-refractivity contribution >= 4 is 0 Å². The molecule has 2 heterocycles. The number of furan rings is 1. The number of unbranched alkanes of at least 4 members (excludes halogenated alkanes) is 1. The minimum absolute atomic E-state index is 0.0179. The molecule has 1 unspecified atom stereocenters. The van der Waals surface area contributed by atoms with E-state index in [1.54, 1.807) is 12.5 Å². The van der Waals surface area contributed by atoms with Crippen LogP contribution in [0.1, 0.15) is 43.8 Å². The molecule has 0 aromatic carbocycles. The van der Waals surface area contributed by atoms with Crippen LogP contribution >= 0.6 is 0 Å². The van der Waals surface area contributed by atoms with Gasteiger partial charge in [0.25, 0.3) is 0 Å². The molecule has 0 bridgehead atoms. The summed E-state index contributed by atoms with van der Waals surface area (Å²) in [6.45, 7) is 4.69. The summed E-state index contributed by atoms with van der Waals surface area (Å²) in [6, 6.07) is 3.86. The van der Waals surface area contributed by atoms with Crippen LogP contribution in [0, 0.1) is 0 Å². The van der Waals surface area contributed by atoms with E-state index in [2.05, 4.69) is 17.2 Å². The summed E-state index contributed by atoms with van der Waals surface area (Å²) >= 11 is 0. The molecule has 0 radical (unpaired) electrons. The quantitative estimate of drug-likeness (QED) is 0.684. The number of imidazole rings is 1. The number of nitrogens with one attached hydrogen (secondary N) is 1. The normalized spacial score (nSPS) is 12.7. The first-order chi connectivity index (χ1) is 10.3. The Balaban J connectivity index is 1.83. The third-order valence-electron chi connectivity index (χ3n) is 3.40. The fourth-order valence-corrected chi connectivity index (χ4v) is 2.20. The highest BCUT2D eigenvalue weighted by atomic mass is 16.5. The molecular formula is C16H25N3O2. The maximum absolute atomic E-state index is 5.58. The van der Waals surface area contributed by atoms with E-state index >= 15 is 0 Å². The Hall–Kier alpha value is -1.59. The second-order valence-electron chi connectivity index (χ2n) is 5.12. The van der Waals surface area contributed by atoms with Crippen LogP contribution in [-0.4, -0.2) is 29.3 Å². The van der Waals surface area contributed by atoms with Crippen molar-refractivity contribution in [2.75, 3.05) is 19.8 Å². The average Bonchev–Trinajstić information content (AvgIpc) is 3.14. The number of ether oxygens (including phenoxy) is 1. The molecule has 2 aromatic heterocycles. The molecule has 21 heavy (non-hydrogen) atoms. The van der Waals surface area contributed by atoms with Gasteiger partial charge in [0.15, 0.2) is 0 Å². The van der Waals surface area contributed by atoms with E-state index in [1.807, 2.05) is 29.9 Å². The topological polar surface area (TPSA) is 52.2 Å². The van der Waals surface area contributed by atoms with E-state index in [0.29, 0.717) is 0 Å². The lowest BCUT2D eigenvalue weighted by Crippen LogP contribution is -2.26. The van der Waals surface area contributed by atoms with Gasteiger partial charge in [0, 0.05) is 32.7 Å². The molecule has 0 aliphatic heterocycles. The highest BCUT2D eigenvalue weighted by molar-refractivity contribution is 5.15. The minimum Gasteiger partial charge on any atom is -0.467 e. The molecule has 5 heteroatoms. The van der Waals surface area contributed by atoms with Crippen molar-refractivity contribution < 1.29 is 9.15 Å². The average molecular weight is 291 g/mol. The van der Waals surface area contributed by atoms with Gasteiger partial charge in [-0.3, -0.25) is 0 Å². The lowest BCUT2D eigenvalue weighted by atomic mass is 10.2. The van der Waals surface area contributed by atoms with E-state index in [-0.39, 0.29) is 6.04 Å². The molecule has 0 aliphatic carbocycles. The Bertz CT molecular complexity index is 493. The number of hydrogen-bond acceptors (Lipinski definition) is 4. The maximum Gasteiger partial charge on any atom is 0.133 e. The van der Waals surface area contributed by atoms with Crippen molar-refractivity contribution in [3.63, 3.8) is 0 Å². The van der Waals surface area contributed by atoms with Gasteiger partial charge in [-0.05, 0) is 31.5 Å². The van der Waals surface area contributed by atoms with Crippen LogP contribution in [0.3, 0.4) is 0 Å². The van der Waals surface area contributed by atoms with Crippen LogP contribution in [-0.2, 0) is 11.8 Å². The molecule has 2 rings (SSSR count). The van der Waals surface area contributed by atoms with Crippen LogP contribution in [0.2, 0.25) is 0 Å². The number of nitrogens with zero attached hydrogens (tertiary/aromatic N) is 2. The third-order valence-corrected chi connectivity index (χ3v) is 3.40. The largest absolute Gasteiger partial charge is 0.467 e. The zero-order valence-corrected chi connectivity index (χ0v) is 12.9. The Labute approximate surface area is 126 Å². The van der Waals surface area contributed by atoms with Crippen molar-refractivity contribution in [1.29, 1.82) is 0 Å². The summed E-state index contributed by atoms with van der Waals surface area (Å²) in [6.07, 6.45) is 8.74. The Kier molecular flexibility index (Phi) is 6.50. The summed E-state index contributed by atoms with van der Waals surface area (Å²) in [4.78, 5) is 4.42. The smallest absolute Gasteiger partial charge is 0.133 e. The van der Waals surface area contributed by atoms with E-state index in [4.69, 9.17) is 9.15 Å². The van der Waals surface area contributed by atoms with Gasteiger partial charge in [-0.1, -0.05) is 13.3 Å². The molecule has 0 saturated carbocycles. The number of aromatic nitrogens is 2. The molecule has 116 valence electrons. The van der Waals surface area contributed by atoms with Crippen molar-refractivity contribution in [3.8, 4) is 0 Å². The van der Waals surface area contributed by atoms with Gasteiger partial charge < -0.3 is 19.0 Å². The number of hydrogen-bond donors (Lipinski definition) is 1. The lowest BCUT2D eigenvalue weighted by Gasteiger charge is -2.16. The van der Waals surface area contributed by atoms with Gasteiger partial charge in [0.05, 0.1) is 6.26 Å². The van der Waals surface area contributed by atoms with Gasteiger partial charge in [0.2, 0.25) is 0 Å². The number of aryl methyl sites for hydroxylation is 1. The summed E-state index contributed by atoms with van der Waals surface area (Å²) < 4.78 is 13.1. The summed E-state index contributed by atoms with van der Waals surface area (Å²) in [7, 11) is 1.99. The summed E-state index contributed by atoms with van der Waals surface area (Å²) in [5.74, 6) is 1.84. The van der Waals surface area contributed by atoms with Gasteiger partial charge in [0.1, 0.15) is 17.6 Å². The molecule has 0 aliphatic rings. The SMILES string of the molecule is CCCCOCCCNC(c1ccco1)c1nccn1C. The summed E-state index contributed by atoms with van der Waals surface area (Å²) in [5.41, 5.74) is 0. The molecule has 2 aromatic rings.